The van der Waals surface area contributed by atoms with Gasteiger partial charge in [-0.2, -0.15) is 5.26 Å². The number of hydrogen-bond acceptors (Lipinski definition) is 2. The van der Waals surface area contributed by atoms with Gasteiger partial charge < -0.3 is 5.73 Å². The van der Waals surface area contributed by atoms with E-state index in [-0.39, 0.29) is 6.04 Å². The zero-order valence-corrected chi connectivity index (χ0v) is 7.83. The van der Waals surface area contributed by atoms with Crippen LogP contribution in [-0.4, -0.2) is 6.04 Å². The molecule has 0 saturated heterocycles. The molecule has 11 heavy (non-hydrogen) atoms. The lowest BCUT2D eigenvalue weighted by molar-refractivity contribution is 0.266. The summed E-state index contributed by atoms with van der Waals surface area (Å²) in [6.45, 7) is 8.45. The summed E-state index contributed by atoms with van der Waals surface area (Å²) in [5, 5.41) is 8.63. The molecule has 0 aromatic heterocycles. The second-order valence-electron chi connectivity index (χ2n) is 3.72. The van der Waals surface area contributed by atoms with Gasteiger partial charge in [0.2, 0.25) is 0 Å². The molecular weight excluding hydrogens is 136 g/mol. The Balaban J connectivity index is 4.24. The fourth-order valence-corrected chi connectivity index (χ4v) is 1.69. The summed E-state index contributed by atoms with van der Waals surface area (Å²) >= 11 is 0. The van der Waals surface area contributed by atoms with Crippen molar-refractivity contribution in [3.63, 3.8) is 0 Å². The van der Waals surface area contributed by atoms with Crippen LogP contribution in [0.15, 0.2) is 0 Å². The van der Waals surface area contributed by atoms with Crippen molar-refractivity contribution in [2.75, 3.05) is 0 Å². The van der Waals surface area contributed by atoms with Gasteiger partial charge in [-0.25, -0.2) is 0 Å². The van der Waals surface area contributed by atoms with Crippen molar-refractivity contribution in [2.24, 2.45) is 23.5 Å². The van der Waals surface area contributed by atoms with Gasteiger partial charge in [0.15, 0.2) is 0 Å². The van der Waals surface area contributed by atoms with Crippen LogP contribution in [-0.2, 0) is 0 Å². The normalized spacial score (nSPS) is 14.1. The summed E-state index contributed by atoms with van der Waals surface area (Å²) in [5.41, 5.74) is 5.66. The molecule has 2 nitrogen and oxygen atoms in total. The van der Waals surface area contributed by atoms with Gasteiger partial charge in [-0.3, -0.25) is 0 Å². The van der Waals surface area contributed by atoms with Crippen LogP contribution in [0.1, 0.15) is 27.7 Å². The maximum atomic E-state index is 8.63. The van der Waals surface area contributed by atoms with Crippen molar-refractivity contribution < 1.29 is 0 Å². The van der Waals surface area contributed by atoms with E-state index in [1.807, 2.05) is 0 Å². The first-order valence-electron chi connectivity index (χ1n) is 4.16. The SMILES string of the molecule is CC(C)C(C(C)C)C(N)C#N. The summed E-state index contributed by atoms with van der Waals surface area (Å²) in [6, 6.07) is 1.80. The van der Waals surface area contributed by atoms with Gasteiger partial charge in [-0.1, -0.05) is 27.7 Å². The molecule has 1 unspecified atom stereocenters. The molecule has 0 radical (unpaired) electrons. The molecule has 0 heterocycles. The molecule has 0 aliphatic rings. The van der Waals surface area contributed by atoms with Crippen LogP contribution in [0.5, 0.6) is 0 Å². The lowest BCUT2D eigenvalue weighted by Crippen LogP contribution is -2.35. The second-order valence-corrected chi connectivity index (χ2v) is 3.72. The van der Waals surface area contributed by atoms with Gasteiger partial charge in [-0.15, -0.1) is 0 Å². The van der Waals surface area contributed by atoms with Gasteiger partial charge in [0, 0.05) is 0 Å². The number of nitriles is 1. The van der Waals surface area contributed by atoms with Gasteiger partial charge in [0.25, 0.3) is 0 Å². The first-order chi connectivity index (χ1) is 5.00. The number of nitrogens with two attached hydrogens (primary N) is 1. The van der Waals surface area contributed by atoms with E-state index in [1.165, 1.54) is 0 Å². The van der Waals surface area contributed by atoms with Crippen LogP contribution >= 0.6 is 0 Å². The van der Waals surface area contributed by atoms with Crippen LogP contribution in [0.25, 0.3) is 0 Å². The zero-order valence-electron chi connectivity index (χ0n) is 7.83. The first-order valence-corrected chi connectivity index (χ1v) is 4.16. The molecule has 0 rings (SSSR count). The summed E-state index contributed by atoms with van der Waals surface area (Å²) in [5.74, 6) is 1.30. The van der Waals surface area contributed by atoms with Crippen molar-refractivity contribution >= 4 is 0 Å². The molecule has 0 aromatic carbocycles. The highest BCUT2D eigenvalue weighted by molar-refractivity contribution is 4.94. The standard InChI is InChI=1S/C9H18N2/c1-6(2)9(7(3)4)8(11)5-10/h6-9H,11H2,1-4H3. The smallest absolute Gasteiger partial charge is 0.0961 e. The Hall–Kier alpha value is -0.550. The monoisotopic (exact) mass is 154 g/mol. The third-order valence-corrected chi connectivity index (χ3v) is 2.10. The summed E-state index contributed by atoms with van der Waals surface area (Å²) in [4.78, 5) is 0. The van der Waals surface area contributed by atoms with E-state index in [0.717, 1.165) is 0 Å². The number of rotatable bonds is 3. The average Bonchev–Trinajstić information content (AvgIpc) is 1.85. The van der Waals surface area contributed by atoms with Crippen molar-refractivity contribution in [2.45, 2.75) is 33.7 Å². The molecule has 0 aliphatic carbocycles. The Morgan fingerprint density at radius 1 is 1.09 bits per heavy atom. The van der Waals surface area contributed by atoms with Gasteiger partial charge >= 0.3 is 0 Å². The van der Waals surface area contributed by atoms with E-state index in [2.05, 4.69) is 33.8 Å². The van der Waals surface area contributed by atoms with Crippen LogP contribution < -0.4 is 5.73 Å². The fraction of sp³-hybridized carbons (Fsp3) is 0.889. The Labute approximate surface area is 69.4 Å². The third-order valence-electron chi connectivity index (χ3n) is 2.10. The van der Waals surface area contributed by atoms with Crippen molar-refractivity contribution in [3.05, 3.63) is 0 Å². The minimum Gasteiger partial charge on any atom is -0.316 e. The maximum absolute atomic E-state index is 8.63. The highest BCUT2D eigenvalue weighted by atomic mass is 14.7. The Kier molecular flexibility index (Phi) is 4.14. The topological polar surface area (TPSA) is 49.8 Å². The Bertz CT molecular complexity index is 136. The van der Waals surface area contributed by atoms with Gasteiger partial charge in [0.05, 0.1) is 12.1 Å². The molecule has 0 amide bonds. The number of nitrogens with zero attached hydrogens (tertiary/aromatic N) is 1. The zero-order chi connectivity index (χ0) is 9.02. The molecule has 1 atom stereocenters. The largest absolute Gasteiger partial charge is 0.316 e. The van der Waals surface area contributed by atoms with E-state index in [1.54, 1.807) is 0 Å². The van der Waals surface area contributed by atoms with E-state index in [0.29, 0.717) is 17.8 Å². The third kappa shape index (κ3) is 2.90. The molecule has 0 saturated carbocycles. The van der Waals surface area contributed by atoms with E-state index in [9.17, 15) is 0 Å². The highest BCUT2D eigenvalue weighted by Gasteiger charge is 2.23. The van der Waals surface area contributed by atoms with Crippen LogP contribution in [0.2, 0.25) is 0 Å². The van der Waals surface area contributed by atoms with Crippen LogP contribution in [0.3, 0.4) is 0 Å². The van der Waals surface area contributed by atoms with Crippen molar-refractivity contribution in [3.8, 4) is 6.07 Å². The molecule has 2 heteroatoms. The first kappa shape index (κ1) is 10.4. The van der Waals surface area contributed by atoms with Gasteiger partial charge in [0.1, 0.15) is 0 Å². The van der Waals surface area contributed by atoms with Crippen LogP contribution in [0, 0.1) is 29.1 Å². The molecule has 0 bridgehead atoms. The lowest BCUT2D eigenvalue weighted by Gasteiger charge is -2.26. The molecule has 0 fully saturated rings. The van der Waals surface area contributed by atoms with Crippen molar-refractivity contribution in [1.29, 1.82) is 5.26 Å². The van der Waals surface area contributed by atoms with E-state index in [4.69, 9.17) is 11.0 Å². The minimum absolute atomic E-state index is 0.310. The Morgan fingerprint density at radius 3 is 1.55 bits per heavy atom. The molecular formula is C9H18N2. The predicted molar refractivity (Wildman–Crippen MR) is 46.8 cm³/mol. The minimum atomic E-state index is -0.310. The molecule has 64 valence electrons. The summed E-state index contributed by atoms with van der Waals surface area (Å²) in [6.07, 6.45) is 0. The molecule has 2 N–H and O–H groups in total. The number of hydrogen-bond donors (Lipinski definition) is 1. The van der Waals surface area contributed by atoms with E-state index >= 15 is 0 Å². The van der Waals surface area contributed by atoms with Gasteiger partial charge in [-0.05, 0) is 17.8 Å². The average molecular weight is 154 g/mol. The Morgan fingerprint density at radius 2 is 1.45 bits per heavy atom. The summed E-state index contributed by atoms with van der Waals surface area (Å²) < 4.78 is 0. The maximum Gasteiger partial charge on any atom is 0.0961 e. The molecule has 0 aliphatic heterocycles. The van der Waals surface area contributed by atoms with Crippen LogP contribution in [0.4, 0.5) is 0 Å². The molecule has 0 aromatic rings. The summed E-state index contributed by atoms with van der Waals surface area (Å²) in [7, 11) is 0. The fourth-order valence-electron chi connectivity index (χ4n) is 1.69. The van der Waals surface area contributed by atoms with Crippen molar-refractivity contribution in [1.82, 2.24) is 0 Å². The molecule has 0 spiro atoms. The second kappa shape index (κ2) is 4.35. The highest BCUT2D eigenvalue weighted by Crippen LogP contribution is 2.22. The lowest BCUT2D eigenvalue weighted by atomic mass is 9.81. The van der Waals surface area contributed by atoms with E-state index < -0.39 is 0 Å². The predicted octanol–water partition coefficient (Wildman–Crippen LogP) is 1.77. The quantitative estimate of drug-likeness (QED) is 0.673.